The van der Waals surface area contributed by atoms with Crippen LogP contribution in [0.5, 0.6) is 0 Å². The Morgan fingerprint density at radius 1 is 1.16 bits per heavy atom. The number of carbonyl (C=O) groups is 1. The number of halogens is 3. The molecule has 2 aromatic carbocycles. The average molecular weight is 342 g/mol. The first kappa shape index (κ1) is 14.2. The Balaban J connectivity index is 2.56. The highest BCUT2D eigenvalue weighted by molar-refractivity contribution is 9.10. The summed E-state index contributed by atoms with van der Waals surface area (Å²) in [5, 5.41) is -0.0730. The summed E-state index contributed by atoms with van der Waals surface area (Å²) in [4.78, 5) is 12.4. The van der Waals surface area contributed by atoms with E-state index in [4.69, 9.17) is 11.6 Å². The van der Waals surface area contributed by atoms with Crippen molar-refractivity contribution < 1.29 is 9.18 Å². The Morgan fingerprint density at radius 2 is 1.84 bits per heavy atom. The zero-order valence-corrected chi connectivity index (χ0v) is 12.8. The van der Waals surface area contributed by atoms with Crippen LogP contribution in [0.2, 0.25) is 5.02 Å². The molecule has 0 heterocycles. The minimum Gasteiger partial charge on any atom is -0.288 e. The molecule has 2 aromatic rings. The maximum Gasteiger partial charge on any atom is 0.196 e. The van der Waals surface area contributed by atoms with Gasteiger partial charge in [-0.2, -0.15) is 0 Å². The van der Waals surface area contributed by atoms with E-state index in [0.717, 1.165) is 11.1 Å². The van der Waals surface area contributed by atoms with E-state index in [2.05, 4.69) is 15.9 Å². The van der Waals surface area contributed by atoms with Crippen molar-refractivity contribution in [2.45, 2.75) is 13.8 Å². The van der Waals surface area contributed by atoms with Gasteiger partial charge in [0, 0.05) is 10.0 Å². The number of hydrogen-bond donors (Lipinski definition) is 0. The molecule has 0 bridgehead atoms. The predicted octanol–water partition coefficient (Wildman–Crippen LogP) is 5.09. The van der Waals surface area contributed by atoms with Gasteiger partial charge in [0.2, 0.25) is 0 Å². The lowest BCUT2D eigenvalue weighted by Crippen LogP contribution is -2.07. The van der Waals surface area contributed by atoms with Crippen LogP contribution in [0.3, 0.4) is 0 Å². The van der Waals surface area contributed by atoms with Crippen LogP contribution in [-0.4, -0.2) is 5.78 Å². The third-order valence-corrected chi connectivity index (χ3v) is 4.18. The smallest absolute Gasteiger partial charge is 0.196 e. The third-order valence-electron chi connectivity index (χ3n) is 2.92. The monoisotopic (exact) mass is 340 g/mol. The summed E-state index contributed by atoms with van der Waals surface area (Å²) in [5.41, 5.74) is 2.26. The molecule has 0 amide bonds. The first-order chi connectivity index (χ1) is 8.91. The normalized spacial score (nSPS) is 10.6. The van der Waals surface area contributed by atoms with Gasteiger partial charge in [-0.25, -0.2) is 4.39 Å². The second-order valence-electron chi connectivity index (χ2n) is 4.37. The van der Waals surface area contributed by atoms with E-state index < -0.39 is 5.82 Å². The highest BCUT2D eigenvalue weighted by Crippen LogP contribution is 2.29. The number of ketones is 1. The van der Waals surface area contributed by atoms with E-state index in [-0.39, 0.29) is 16.4 Å². The lowest BCUT2D eigenvalue weighted by atomic mass is 9.97. The van der Waals surface area contributed by atoms with E-state index in [1.165, 1.54) is 6.07 Å². The second-order valence-corrected chi connectivity index (χ2v) is 5.60. The van der Waals surface area contributed by atoms with E-state index in [1.807, 2.05) is 26.0 Å². The highest BCUT2D eigenvalue weighted by atomic mass is 79.9. The largest absolute Gasteiger partial charge is 0.288 e. The molecule has 0 atom stereocenters. The van der Waals surface area contributed by atoms with Crippen LogP contribution in [0.4, 0.5) is 4.39 Å². The van der Waals surface area contributed by atoms with Gasteiger partial charge < -0.3 is 0 Å². The van der Waals surface area contributed by atoms with E-state index >= 15 is 0 Å². The molecule has 98 valence electrons. The highest BCUT2D eigenvalue weighted by Gasteiger charge is 2.19. The van der Waals surface area contributed by atoms with Crippen molar-refractivity contribution in [2.75, 3.05) is 0 Å². The Bertz CT molecular complexity index is 667. The van der Waals surface area contributed by atoms with Crippen LogP contribution in [-0.2, 0) is 0 Å². The quantitative estimate of drug-likeness (QED) is 0.549. The van der Waals surface area contributed by atoms with Gasteiger partial charge in [0.15, 0.2) is 11.6 Å². The molecular formula is C15H11BrClFO. The van der Waals surface area contributed by atoms with Crippen molar-refractivity contribution >= 4 is 33.3 Å². The Kier molecular flexibility index (Phi) is 4.07. The molecule has 0 aliphatic rings. The van der Waals surface area contributed by atoms with Gasteiger partial charge >= 0.3 is 0 Å². The summed E-state index contributed by atoms with van der Waals surface area (Å²) >= 11 is 8.94. The lowest BCUT2D eigenvalue weighted by molar-refractivity contribution is 0.103. The Morgan fingerprint density at radius 3 is 2.53 bits per heavy atom. The summed E-state index contributed by atoms with van der Waals surface area (Å²) in [5.74, 6) is -1.05. The Labute approximate surface area is 124 Å². The SMILES string of the molecule is Cc1ccc(C)c(C(=O)c2ccc(Br)c(Cl)c2F)c1. The number of aryl methyl sites for hydroxylation is 2. The summed E-state index contributed by atoms with van der Waals surface area (Å²) in [6.07, 6.45) is 0. The van der Waals surface area contributed by atoms with Gasteiger partial charge in [-0.15, -0.1) is 0 Å². The molecule has 0 spiro atoms. The molecule has 0 radical (unpaired) electrons. The average Bonchev–Trinajstić information content (AvgIpc) is 2.38. The van der Waals surface area contributed by atoms with Crippen LogP contribution in [0.25, 0.3) is 0 Å². The molecule has 2 rings (SSSR count). The molecular weight excluding hydrogens is 331 g/mol. The fraction of sp³-hybridized carbons (Fsp3) is 0.133. The zero-order chi connectivity index (χ0) is 14.2. The van der Waals surface area contributed by atoms with Gasteiger partial charge in [0.1, 0.15) is 0 Å². The van der Waals surface area contributed by atoms with Gasteiger partial charge in [-0.05, 0) is 53.5 Å². The first-order valence-electron chi connectivity index (χ1n) is 5.67. The van der Waals surface area contributed by atoms with Crippen molar-refractivity contribution in [3.05, 3.63) is 67.9 Å². The van der Waals surface area contributed by atoms with Crippen LogP contribution in [0.1, 0.15) is 27.0 Å². The topological polar surface area (TPSA) is 17.1 Å². The molecule has 0 unspecified atom stereocenters. The number of benzene rings is 2. The van der Waals surface area contributed by atoms with Crippen molar-refractivity contribution in [3.63, 3.8) is 0 Å². The minimum absolute atomic E-state index is 0.0121. The van der Waals surface area contributed by atoms with Crippen LogP contribution >= 0.6 is 27.5 Å². The molecule has 0 fully saturated rings. The molecule has 0 N–H and O–H groups in total. The van der Waals surface area contributed by atoms with Crippen LogP contribution < -0.4 is 0 Å². The van der Waals surface area contributed by atoms with Crippen molar-refractivity contribution in [1.29, 1.82) is 0 Å². The van der Waals surface area contributed by atoms with Crippen molar-refractivity contribution in [2.24, 2.45) is 0 Å². The molecule has 4 heteroatoms. The van der Waals surface area contributed by atoms with Gasteiger partial charge in [-0.1, -0.05) is 29.3 Å². The molecule has 0 saturated heterocycles. The summed E-state index contributed by atoms with van der Waals surface area (Å²) in [6.45, 7) is 3.71. The van der Waals surface area contributed by atoms with Gasteiger partial charge in [0.05, 0.1) is 10.6 Å². The minimum atomic E-state index is -0.693. The second kappa shape index (κ2) is 5.43. The number of hydrogen-bond acceptors (Lipinski definition) is 1. The first-order valence-corrected chi connectivity index (χ1v) is 6.84. The fourth-order valence-electron chi connectivity index (χ4n) is 1.83. The molecule has 0 aliphatic carbocycles. The third kappa shape index (κ3) is 2.72. The lowest BCUT2D eigenvalue weighted by Gasteiger charge is -2.08. The van der Waals surface area contributed by atoms with E-state index in [0.29, 0.717) is 10.0 Å². The van der Waals surface area contributed by atoms with E-state index in [9.17, 15) is 9.18 Å². The Hall–Kier alpha value is -1.19. The molecule has 1 nitrogen and oxygen atoms in total. The fourth-order valence-corrected chi connectivity index (χ4v) is 2.30. The molecule has 0 aromatic heterocycles. The molecule has 0 aliphatic heterocycles. The van der Waals surface area contributed by atoms with Crippen molar-refractivity contribution in [3.8, 4) is 0 Å². The van der Waals surface area contributed by atoms with Crippen LogP contribution in [0, 0.1) is 19.7 Å². The summed E-state index contributed by atoms with van der Waals surface area (Å²) in [7, 11) is 0. The summed E-state index contributed by atoms with van der Waals surface area (Å²) in [6, 6.07) is 8.53. The maximum absolute atomic E-state index is 14.0. The van der Waals surface area contributed by atoms with Crippen molar-refractivity contribution in [1.82, 2.24) is 0 Å². The number of carbonyl (C=O) groups excluding carboxylic acids is 1. The van der Waals surface area contributed by atoms with E-state index in [1.54, 1.807) is 12.1 Å². The standard InChI is InChI=1S/C15H11BrClFO/c1-8-3-4-9(2)11(7-8)15(19)10-5-6-12(16)13(17)14(10)18/h3-7H,1-2H3. The van der Waals surface area contributed by atoms with Gasteiger partial charge in [0.25, 0.3) is 0 Å². The molecule has 0 saturated carbocycles. The van der Waals surface area contributed by atoms with Crippen LogP contribution in [0.15, 0.2) is 34.8 Å². The van der Waals surface area contributed by atoms with Gasteiger partial charge in [-0.3, -0.25) is 4.79 Å². The zero-order valence-electron chi connectivity index (χ0n) is 10.4. The molecule has 19 heavy (non-hydrogen) atoms. The number of rotatable bonds is 2. The maximum atomic E-state index is 14.0. The summed E-state index contributed by atoms with van der Waals surface area (Å²) < 4.78 is 14.5. The predicted molar refractivity (Wildman–Crippen MR) is 78.5 cm³/mol.